The lowest BCUT2D eigenvalue weighted by Gasteiger charge is -2.21. The van der Waals surface area contributed by atoms with Crippen molar-refractivity contribution in [3.05, 3.63) is 24.3 Å². The van der Waals surface area contributed by atoms with E-state index >= 15 is 0 Å². The summed E-state index contributed by atoms with van der Waals surface area (Å²) in [7, 11) is 0. The Balaban J connectivity index is 3.46. The van der Waals surface area contributed by atoms with Gasteiger partial charge in [0.1, 0.15) is 0 Å². The van der Waals surface area contributed by atoms with E-state index in [0.29, 0.717) is 6.42 Å². The lowest BCUT2D eigenvalue weighted by Crippen LogP contribution is -2.45. The zero-order valence-corrected chi connectivity index (χ0v) is 49.8. The van der Waals surface area contributed by atoms with E-state index in [2.05, 4.69) is 31.3 Å². The Morgan fingerprint density at radius 1 is 0.342 bits per heavy atom. The van der Waals surface area contributed by atoms with Gasteiger partial charge in [0.25, 0.3) is 0 Å². The normalized spacial score (nSPS) is 13.2. The number of carbonyl (C=O) groups excluding carboxylic acids is 1. The van der Waals surface area contributed by atoms with E-state index in [-0.39, 0.29) is 18.9 Å². The summed E-state index contributed by atoms with van der Waals surface area (Å²) in [5.74, 6) is -0.317. The number of hydrogen-bond donors (Lipinski definition) is 4. The third kappa shape index (κ3) is 59.9. The molecule has 3 unspecified atom stereocenters. The molecule has 4 N–H and O–H groups in total. The molecular weight excluding hydrogens is 895 g/mol. The average molecular weight is 1030 g/mol. The van der Waals surface area contributed by atoms with Crippen LogP contribution in [0.15, 0.2) is 24.3 Å². The van der Waals surface area contributed by atoms with Crippen molar-refractivity contribution >= 4 is 5.91 Å². The lowest BCUT2D eigenvalue weighted by atomic mass is 10.0. The van der Waals surface area contributed by atoms with Gasteiger partial charge in [0.05, 0.1) is 31.3 Å². The molecule has 0 aromatic rings. The van der Waals surface area contributed by atoms with Crippen molar-refractivity contribution in [3.8, 4) is 0 Å². The molecule has 0 saturated heterocycles. The van der Waals surface area contributed by atoms with Crippen LogP contribution in [-0.2, 0) is 4.79 Å². The van der Waals surface area contributed by atoms with E-state index in [1.807, 2.05) is 6.08 Å². The summed E-state index contributed by atoms with van der Waals surface area (Å²) < 4.78 is 0. The fourth-order valence-corrected chi connectivity index (χ4v) is 10.9. The third-order valence-corrected chi connectivity index (χ3v) is 16.0. The van der Waals surface area contributed by atoms with Crippen LogP contribution in [-0.4, -0.2) is 46.1 Å². The van der Waals surface area contributed by atoms with Crippen molar-refractivity contribution in [2.24, 2.45) is 0 Å². The van der Waals surface area contributed by atoms with Crippen LogP contribution in [0, 0.1) is 0 Å². The van der Waals surface area contributed by atoms with Crippen molar-refractivity contribution in [2.75, 3.05) is 6.61 Å². The molecule has 0 aliphatic rings. The molecule has 434 valence electrons. The molecule has 5 heteroatoms. The summed E-state index contributed by atoms with van der Waals surface area (Å²) in [5, 5.41) is 33.5. The van der Waals surface area contributed by atoms with Crippen LogP contribution >= 0.6 is 0 Å². The number of rotatable bonds is 63. The van der Waals surface area contributed by atoms with Crippen LogP contribution in [0.4, 0.5) is 0 Å². The van der Waals surface area contributed by atoms with Gasteiger partial charge in [-0.1, -0.05) is 366 Å². The number of aliphatic hydroxyl groups excluding tert-OH is 3. The average Bonchev–Trinajstić information content (AvgIpc) is 3.39. The van der Waals surface area contributed by atoms with Crippen molar-refractivity contribution in [1.82, 2.24) is 5.32 Å². The number of carbonyl (C=O) groups is 1. The highest BCUT2D eigenvalue weighted by atomic mass is 16.3. The highest BCUT2D eigenvalue weighted by Crippen LogP contribution is 2.19. The predicted octanol–water partition coefficient (Wildman–Crippen LogP) is 21.6. The standard InChI is InChI=1S/C68H133NO4/c1-3-5-7-9-11-13-15-17-19-21-23-25-26-27-28-29-30-31-32-33-34-35-36-37-38-39-40-42-43-45-47-49-51-53-55-57-59-61-65(71)63-68(73)69-66(64-70)67(72)62-60-58-56-54-52-50-48-46-44-41-24-22-20-18-16-14-12-10-8-6-4-2/h52,54,60,62,65-67,70-72H,3-51,53,55-59,61,63-64H2,1-2H3,(H,69,73)/b54-52+,62-60+. The number of nitrogens with one attached hydrogen (secondary N) is 1. The van der Waals surface area contributed by atoms with Crippen LogP contribution in [0.3, 0.4) is 0 Å². The summed E-state index contributed by atoms with van der Waals surface area (Å²) in [6, 6.07) is -0.760. The topological polar surface area (TPSA) is 89.8 Å². The summed E-state index contributed by atoms with van der Waals surface area (Å²) in [6.45, 7) is 4.25. The first-order valence-electron chi connectivity index (χ1n) is 33.6. The van der Waals surface area contributed by atoms with Crippen LogP contribution in [0.2, 0.25) is 0 Å². The number of amides is 1. The molecule has 73 heavy (non-hydrogen) atoms. The first-order valence-corrected chi connectivity index (χ1v) is 33.6. The van der Waals surface area contributed by atoms with Gasteiger partial charge >= 0.3 is 0 Å². The zero-order chi connectivity index (χ0) is 52.9. The highest BCUT2D eigenvalue weighted by molar-refractivity contribution is 5.76. The van der Waals surface area contributed by atoms with Crippen LogP contribution < -0.4 is 5.32 Å². The monoisotopic (exact) mass is 1030 g/mol. The van der Waals surface area contributed by atoms with E-state index in [0.717, 1.165) is 32.1 Å². The molecule has 0 saturated carbocycles. The van der Waals surface area contributed by atoms with E-state index in [4.69, 9.17) is 0 Å². The molecule has 0 radical (unpaired) electrons. The molecule has 0 bridgehead atoms. The maximum Gasteiger partial charge on any atom is 0.222 e. The molecule has 1 amide bonds. The molecule has 0 aromatic heterocycles. The van der Waals surface area contributed by atoms with Crippen molar-refractivity contribution in [2.45, 2.75) is 398 Å². The Morgan fingerprint density at radius 2 is 0.589 bits per heavy atom. The van der Waals surface area contributed by atoms with E-state index < -0.39 is 18.2 Å². The maximum absolute atomic E-state index is 12.6. The molecule has 3 atom stereocenters. The Labute approximate surface area is 458 Å². The van der Waals surface area contributed by atoms with Gasteiger partial charge < -0.3 is 20.6 Å². The molecule has 0 aromatic carbocycles. The smallest absolute Gasteiger partial charge is 0.222 e. The summed E-state index contributed by atoms with van der Waals surface area (Å²) in [6.07, 6.45) is 82.9. The number of allylic oxidation sites excluding steroid dienone is 3. The first kappa shape index (κ1) is 71.8. The van der Waals surface area contributed by atoms with Gasteiger partial charge in [-0.15, -0.1) is 0 Å². The van der Waals surface area contributed by atoms with Gasteiger partial charge in [-0.2, -0.15) is 0 Å². The molecule has 0 rings (SSSR count). The minimum absolute atomic E-state index is 0.0107. The second-order valence-corrected chi connectivity index (χ2v) is 23.4. The highest BCUT2D eigenvalue weighted by Gasteiger charge is 2.20. The first-order chi connectivity index (χ1) is 36.0. The fourth-order valence-electron chi connectivity index (χ4n) is 10.9. The van der Waals surface area contributed by atoms with Crippen molar-refractivity contribution < 1.29 is 20.1 Å². The molecule has 0 fully saturated rings. The molecule has 0 heterocycles. The summed E-state index contributed by atoms with van der Waals surface area (Å²) >= 11 is 0. The van der Waals surface area contributed by atoms with E-state index in [1.165, 1.54) is 321 Å². The fraction of sp³-hybridized carbons (Fsp3) is 0.926. The third-order valence-electron chi connectivity index (χ3n) is 16.0. The molecular formula is C68H133NO4. The second-order valence-electron chi connectivity index (χ2n) is 23.4. The van der Waals surface area contributed by atoms with Gasteiger partial charge in [0.2, 0.25) is 5.91 Å². The van der Waals surface area contributed by atoms with Gasteiger partial charge in [-0.05, 0) is 32.1 Å². The van der Waals surface area contributed by atoms with E-state index in [1.54, 1.807) is 6.08 Å². The number of hydrogen-bond acceptors (Lipinski definition) is 4. The van der Waals surface area contributed by atoms with Crippen LogP contribution in [0.1, 0.15) is 380 Å². The molecule has 0 aliphatic carbocycles. The Kier molecular flexibility index (Phi) is 62.3. The van der Waals surface area contributed by atoms with Gasteiger partial charge in [-0.3, -0.25) is 4.79 Å². The minimum Gasteiger partial charge on any atom is -0.394 e. The van der Waals surface area contributed by atoms with Crippen LogP contribution in [0.5, 0.6) is 0 Å². The van der Waals surface area contributed by atoms with Crippen LogP contribution in [0.25, 0.3) is 0 Å². The van der Waals surface area contributed by atoms with Crippen molar-refractivity contribution in [1.29, 1.82) is 0 Å². The summed E-state index contributed by atoms with van der Waals surface area (Å²) in [4.78, 5) is 12.6. The number of aliphatic hydroxyl groups is 3. The van der Waals surface area contributed by atoms with Gasteiger partial charge in [-0.25, -0.2) is 0 Å². The number of unbranched alkanes of at least 4 members (excludes halogenated alkanes) is 52. The summed E-state index contributed by atoms with van der Waals surface area (Å²) in [5.41, 5.74) is 0. The van der Waals surface area contributed by atoms with Gasteiger partial charge in [0.15, 0.2) is 0 Å². The molecule has 0 aliphatic heterocycles. The molecule has 5 nitrogen and oxygen atoms in total. The van der Waals surface area contributed by atoms with E-state index in [9.17, 15) is 20.1 Å². The quantitative estimate of drug-likeness (QED) is 0.0361. The Morgan fingerprint density at radius 3 is 0.877 bits per heavy atom. The predicted molar refractivity (Wildman–Crippen MR) is 324 cm³/mol. The SMILES string of the molecule is CCCCCCCCCCCCCCCCC/C=C/CC/C=C/C(O)C(CO)NC(=O)CC(O)CCCCCCCCCCCCCCCCCCCCCCCCCCCCCCCCCCCCCCC. The van der Waals surface area contributed by atoms with Crippen molar-refractivity contribution in [3.63, 3.8) is 0 Å². The van der Waals surface area contributed by atoms with Gasteiger partial charge in [0, 0.05) is 0 Å². The molecule has 0 spiro atoms. The lowest BCUT2D eigenvalue weighted by molar-refractivity contribution is -0.124. The minimum atomic E-state index is -0.951. The Bertz CT molecular complexity index is 1090. The largest absolute Gasteiger partial charge is 0.394 e. The zero-order valence-electron chi connectivity index (χ0n) is 49.8. The Hall–Kier alpha value is -1.17. The maximum atomic E-state index is 12.6. The second kappa shape index (κ2) is 63.4.